The summed E-state index contributed by atoms with van der Waals surface area (Å²) in [7, 11) is 1.57. The van der Waals surface area contributed by atoms with Gasteiger partial charge in [0.25, 0.3) is 0 Å². The minimum atomic E-state index is -4.58. The molecule has 0 aromatic carbocycles. The van der Waals surface area contributed by atoms with E-state index in [1.807, 2.05) is 6.92 Å². The van der Waals surface area contributed by atoms with Crippen molar-refractivity contribution in [3.05, 3.63) is 32.2 Å². The first kappa shape index (κ1) is 20.0. The van der Waals surface area contributed by atoms with Gasteiger partial charge in [-0.05, 0) is 45.7 Å². The summed E-state index contributed by atoms with van der Waals surface area (Å²) in [6, 6.07) is 0. The fourth-order valence-corrected chi connectivity index (χ4v) is 3.08. The molecule has 0 saturated heterocycles. The van der Waals surface area contributed by atoms with Crippen molar-refractivity contribution >= 4 is 37.8 Å². The number of carbonyl (C=O) groups excluding carboxylic acids is 1. The lowest BCUT2D eigenvalue weighted by Crippen LogP contribution is -2.31. The zero-order chi connectivity index (χ0) is 18.9. The standard InChI is InChI=1S/C14H16Br2F3N5O/c1-4-23-5-9(15)10(20-23)6-22(3)11(25)7-24-8(2)12(16)13(21-24)14(17,18)19/h5H,4,6-7H2,1-3H3. The fourth-order valence-electron chi connectivity index (χ4n) is 2.13. The lowest BCUT2D eigenvalue weighted by molar-refractivity contribution is -0.142. The van der Waals surface area contributed by atoms with Gasteiger partial charge < -0.3 is 4.90 Å². The Morgan fingerprint density at radius 1 is 1.32 bits per heavy atom. The Morgan fingerprint density at radius 3 is 2.44 bits per heavy atom. The molecular formula is C14H16Br2F3N5O. The minimum absolute atomic E-state index is 0.153. The summed E-state index contributed by atoms with van der Waals surface area (Å²) in [4.78, 5) is 13.7. The highest BCUT2D eigenvalue weighted by molar-refractivity contribution is 9.10. The Morgan fingerprint density at radius 2 is 1.96 bits per heavy atom. The number of nitrogens with zero attached hydrogens (tertiary/aromatic N) is 5. The van der Waals surface area contributed by atoms with Gasteiger partial charge in [0.2, 0.25) is 5.91 Å². The maximum Gasteiger partial charge on any atom is 0.436 e. The molecule has 11 heteroatoms. The van der Waals surface area contributed by atoms with Crippen molar-refractivity contribution in [2.45, 2.75) is 39.7 Å². The molecular weight excluding hydrogens is 471 g/mol. The van der Waals surface area contributed by atoms with E-state index in [1.165, 1.54) is 11.8 Å². The quantitative estimate of drug-likeness (QED) is 0.648. The summed E-state index contributed by atoms with van der Waals surface area (Å²) in [5.74, 6) is -0.371. The molecule has 0 aliphatic rings. The number of aromatic nitrogens is 4. The first-order valence-corrected chi connectivity index (χ1v) is 8.89. The number of alkyl halides is 3. The summed E-state index contributed by atoms with van der Waals surface area (Å²) in [5, 5.41) is 7.84. The van der Waals surface area contributed by atoms with E-state index in [0.717, 1.165) is 9.15 Å². The zero-order valence-corrected chi connectivity index (χ0v) is 16.9. The molecule has 1 amide bonds. The molecule has 2 rings (SSSR count). The number of halogens is 5. The fraction of sp³-hybridized carbons (Fsp3) is 0.500. The maximum absolute atomic E-state index is 12.9. The van der Waals surface area contributed by atoms with Gasteiger partial charge in [0.15, 0.2) is 5.69 Å². The van der Waals surface area contributed by atoms with Gasteiger partial charge in [-0.1, -0.05) is 0 Å². The van der Waals surface area contributed by atoms with Crippen LogP contribution in [0.5, 0.6) is 0 Å². The lowest BCUT2D eigenvalue weighted by atomic mass is 10.3. The Kier molecular flexibility index (Phi) is 5.97. The number of hydrogen-bond donors (Lipinski definition) is 0. The number of rotatable bonds is 5. The summed E-state index contributed by atoms with van der Waals surface area (Å²) in [6.45, 7) is 4.05. The van der Waals surface area contributed by atoms with E-state index >= 15 is 0 Å². The van der Waals surface area contributed by atoms with Crippen molar-refractivity contribution < 1.29 is 18.0 Å². The van der Waals surface area contributed by atoms with Crippen molar-refractivity contribution in [3.63, 3.8) is 0 Å². The molecule has 6 nitrogen and oxygen atoms in total. The Labute approximate surface area is 159 Å². The topological polar surface area (TPSA) is 56.0 Å². The third-order valence-corrected chi connectivity index (χ3v) is 5.22. The molecule has 138 valence electrons. The number of amides is 1. The van der Waals surface area contributed by atoms with Gasteiger partial charge in [0.1, 0.15) is 6.54 Å². The second-order valence-corrected chi connectivity index (χ2v) is 7.08. The van der Waals surface area contributed by atoms with Gasteiger partial charge in [-0.15, -0.1) is 0 Å². The SMILES string of the molecule is CCn1cc(Br)c(CN(C)C(=O)Cn2nc(C(F)(F)F)c(Br)c2C)n1. The molecule has 0 unspecified atom stereocenters. The van der Waals surface area contributed by atoms with Crippen LogP contribution >= 0.6 is 31.9 Å². The molecule has 0 atom stereocenters. The molecule has 0 N–H and O–H groups in total. The third-order valence-electron chi connectivity index (χ3n) is 3.61. The lowest BCUT2D eigenvalue weighted by Gasteiger charge is -2.16. The monoisotopic (exact) mass is 485 g/mol. The van der Waals surface area contributed by atoms with Crippen molar-refractivity contribution in [2.24, 2.45) is 0 Å². The van der Waals surface area contributed by atoms with E-state index in [2.05, 4.69) is 42.1 Å². The Bertz CT molecular complexity index is 784. The van der Waals surface area contributed by atoms with E-state index in [0.29, 0.717) is 12.2 Å². The summed E-state index contributed by atoms with van der Waals surface area (Å²) < 4.78 is 42.1. The van der Waals surface area contributed by atoms with Gasteiger partial charge in [-0.25, -0.2) is 0 Å². The second kappa shape index (κ2) is 7.48. The van der Waals surface area contributed by atoms with Crippen LogP contribution in [0.2, 0.25) is 0 Å². The molecule has 2 aromatic rings. The molecule has 2 aromatic heterocycles. The van der Waals surface area contributed by atoms with Gasteiger partial charge in [0, 0.05) is 19.8 Å². The van der Waals surface area contributed by atoms with Crippen molar-refractivity contribution in [3.8, 4) is 0 Å². The van der Waals surface area contributed by atoms with Crippen molar-refractivity contribution in [1.82, 2.24) is 24.5 Å². The Balaban J connectivity index is 2.12. The normalized spacial score (nSPS) is 11.8. The van der Waals surface area contributed by atoms with Crippen LogP contribution in [0.1, 0.15) is 24.0 Å². The molecule has 0 aliphatic carbocycles. The van der Waals surface area contributed by atoms with E-state index in [1.54, 1.807) is 17.9 Å². The van der Waals surface area contributed by atoms with Crippen LogP contribution in [-0.4, -0.2) is 37.4 Å². The second-order valence-electron chi connectivity index (χ2n) is 5.43. The van der Waals surface area contributed by atoms with Crippen LogP contribution in [0.3, 0.4) is 0 Å². The van der Waals surface area contributed by atoms with Crippen LogP contribution < -0.4 is 0 Å². The number of likely N-dealkylation sites (N-methyl/N-ethyl adjacent to an activating group) is 1. The highest BCUT2D eigenvalue weighted by Gasteiger charge is 2.38. The van der Waals surface area contributed by atoms with E-state index in [9.17, 15) is 18.0 Å². The first-order valence-electron chi connectivity index (χ1n) is 7.30. The average Bonchev–Trinajstić information content (AvgIpc) is 3.01. The molecule has 0 radical (unpaired) electrons. The van der Waals surface area contributed by atoms with E-state index in [4.69, 9.17) is 0 Å². The number of hydrogen-bond acceptors (Lipinski definition) is 3. The van der Waals surface area contributed by atoms with Crippen LogP contribution in [0, 0.1) is 6.92 Å². The molecule has 0 saturated carbocycles. The van der Waals surface area contributed by atoms with E-state index < -0.39 is 11.9 Å². The van der Waals surface area contributed by atoms with Crippen LogP contribution in [0.25, 0.3) is 0 Å². The largest absolute Gasteiger partial charge is 0.436 e. The average molecular weight is 487 g/mol. The van der Waals surface area contributed by atoms with Gasteiger partial charge in [-0.3, -0.25) is 14.2 Å². The molecule has 2 heterocycles. The van der Waals surface area contributed by atoms with Crippen molar-refractivity contribution in [2.75, 3.05) is 7.05 Å². The maximum atomic E-state index is 12.9. The third kappa shape index (κ3) is 4.43. The summed E-state index contributed by atoms with van der Waals surface area (Å²) >= 11 is 6.27. The highest BCUT2D eigenvalue weighted by atomic mass is 79.9. The molecule has 0 aliphatic heterocycles. The summed E-state index contributed by atoms with van der Waals surface area (Å²) in [6.07, 6.45) is -2.78. The van der Waals surface area contributed by atoms with Crippen LogP contribution in [0.15, 0.2) is 15.1 Å². The predicted molar refractivity (Wildman–Crippen MR) is 91.7 cm³/mol. The van der Waals surface area contributed by atoms with Gasteiger partial charge in [-0.2, -0.15) is 23.4 Å². The van der Waals surface area contributed by atoms with Crippen LogP contribution in [0.4, 0.5) is 13.2 Å². The van der Waals surface area contributed by atoms with E-state index in [-0.39, 0.29) is 29.2 Å². The zero-order valence-electron chi connectivity index (χ0n) is 13.7. The number of aryl methyl sites for hydroxylation is 1. The molecule has 0 fully saturated rings. The van der Waals surface area contributed by atoms with Crippen LogP contribution in [-0.2, 0) is 30.6 Å². The summed E-state index contributed by atoms with van der Waals surface area (Å²) in [5.41, 5.74) is -0.123. The van der Waals surface area contributed by atoms with Gasteiger partial charge in [0.05, 0.1) is 26.9 Å². The van der Waals surface area contributed by atoms with Crippen molar-refractivity contribution in [1.29, 1.82) is 0 Å². The minimum Gasteiger partial charge on any atom is -0.338 e. The molecule has 0 spiro atoms. The predicted octanol–water partition coefficient (Wildman–Crippen LogP) is 3.61. The first-order chi connectivity index (χ1) is 11.5. The highest BCUT2D eigenvalue weighted by Crippen LogP contribution is 2.35. The van der Waals surface area contributed by atoms with Gasteiger partial charge >= 0.3 is 6.18 Å². The smallest absolute Gasteiger partial charge is 0.338 e. The number of carbonyl (C=O) groups is 1. The Hall–Kier alpha value is -1.36. The molecule has 0 bridgehead atoms. The molecule has 25 heavy (non-hydrogen) atoms.